The minimum Gasteiger partial charge on any atom is -0.493 e. The van der Waals surface area contributed by atoms with E-state index in [1.54, 1.807) is 7.11 Å². The summed E-state index contributed by atoms with van der Waals surface area (Å²) in [6.45, 7) is 3.04. The topological polar surface area (TPSA) is 42.2 Å². The van der Waals surface area contributed by atoms with Gasteiger partial charge in [-0.05, 0) is 96.4 Å². The zero-order valence-corrected chi connectivity index (χ0v) is 18.8. The summed E-state index contributed by atoms with van der Waals surface area (Å²) in [4.78, 5) is 0. The number of ether oxygens (including phenoxy) is 2. The summed E-state index contributed by atoms with van der Waals surface area (Å²) < 4.78 is 12.0. The van der Waals surface area contributed by atoms with Gasteiger partial charge >= 0.3 is 0 Å². The summed E-state index contributed by atoms with van der Waals surface area (Å²) in [6.07, 6.45) is 8.14. The number of nitrogens with zero attached hydrogens (tertiary/aromatic N) is 1. The van der Waals surface area contributed by atoms with E-state index in [1.807, 2.05) is 18.2 Å². The molecule has 0 aliphatic heterocycles. The standard InChI is InChI=1S/C28H33NO2/c1-28-14-12-22-23(25(28)11-9-21(28)13-15-29)10-8-20-16-27(26(30-2)17-24(20)22)31-18-19-6-4-3-5-7-19/h3-7,16-17,21-23,25H,8-14,18H2,1-2H3/t21-,22+,23-,25+,28-/m1/s1. The number of fused-ring (bicyclic) bond motifs is 5. The van der Waals surface area contributed by atoms with Crippen LogP contribution in [0.2, 0.25) is 0 Å². The molecule has 2 aromatic rings. The van der Waals surface area contributed by atoms with E-state index in [9.17, 15) is 5.26 Å². The number of hydrogen-bond acceptors (Lipinski definition) is 3. The molecule has 5 atom stereocenters. The fourth-order valence-electron chi connectivity index (χ4n) is 7.14. The summed E-state index contributed by atoms with van der Waals surface area (Å²) in [7, 11) is 1.75. The van der Waals surface area contributed by atoms with Gasteiger partial charge in [-0.3, -0.25) is 0 Å². The normalized spacial score (nSPS) is 31.1. The molecule has 2 fully saturated rings. The fraction of sp³-hybridized carbons (Fsp3) is 0.536. The average molecular weight is 416 g/mol. The second kappa shape index (κ2) is 8.23. The minimum atomic E-state index is 0.358. The fourth-order valence-corrected chi connectivity index (χ4v) is 7.14. The first-order valence-corrected chi connectivity index (χ1v) is 11.9. The molecular weight excluding hydrogens is 382 g/mol. The largest absolute Gasteiger partial charge is 0.493 e. The van der Waals surface area contributed by atoms with Crippen LogP contribution in [0.3, 0.4) is 0 Å². The first-order valence-electron chi connectivity index (χ1n) is 11.9. The number of methoxy groups -OCH3 is 1. The maximum Gasteiger partial charge on any atom is 0.161 e. The second-order valence-corrected chi connectivity index (χ2v) is 10.1. The SMILES string of the molecule is COc1cc2c(cc1OCc1ccccc1)CC[C@@H]1[C@@H]2CC[C@]2(C)[C@@H](CC#N)CC[C@@H]12. The molecule has 162 valence electrons. The molecule has 2 saturated carbocycles. The Balaban J connectivity index is 1.39. The number of benzene rings is 2. The quantitative estimate of drug-likeness (QED) is 0.548. The van der Waals surface area contributed by atoms with Crippen molar-refractivity contribution in [2.24, 2.45) is 23.2 Å². The van der Waals surface area contributed by atoms with Crippen LogP contribution in [0, 0.1) is 34.5 Å². The van der Waals surface area contributed by atoms with E-state index in [0.717, 1.165) is 36.2 Å². The monoisotopic (exact) mass is 415 g/mol. The summed E-state index contributed by atoms with van der Waals surface area (Å²) >= 11 is 0. The van der Waals surface area contributed by atoms with Crippen molar-refractivity contribution in [1.29, 1.82) is 5.26 Å². The minimum absolute atomic E-state index is 0.358. The lowest BCUT2D eigenvalue weighted by Gasteiger charge is -2.51. The predicted octanol–water partition coefficient (Wildman–Crippen LogP) is 6.66. The van der Waals surface area contributed by atoms with Crippen LogP contribution in [-0.4, -0.2) is 7.11 Å². The number of rotatable bonds is 5. The van der Waals surface area contributed by atoms with Crippen molar-refractivity contribution < 1.29 is 9.47 Å². The Kier molecular flexibility index (Phi) is 5.42. The van der Waals surface area contributed by atoms with Crippen molar-refractivity contribution in [2.45, 2.75) is 64.4 Å². The van der Waals surface area contributed by atoms with Crippen molar-refractivity contribution in [3.63, 3.8) is 0 Å². The van der Waals surface area contributed by atoms with Gasteiger partial charge in [0, 0.05) is 6.42 Å². The Morgan fingerprint density at radius 2 is 1.90 bits per heavy atom. The third-order valence-electron chi connectivity index (χ3n) is 8.78. The van der Waals surface area contributed by atoms with Gasteiger partial charge in [0.2, 0.25) is 0 Å². The molecular formula is C28H33NO2. The van der Waals surface area contributed by atoms with Gasteiger partial charge in [-0.15, -0.1) is 0 Å². The van der Waals surface area contributed by atoms with Crippen LogP contribution in [0.15, 0.2) is 42.5 Å². The van der Waals surface area contributed by atoms with Gasteiger partial charge in [0.15, 0.2) is 11.5 Å². The summed E-state index contributed by atoms with van der Waals surface area (Å²) in [5, 5.41) is 9.32. The summed E-state index contributed by atoms with van der Waals surface area (Å²) in [6, 6.07) is 17.3. The lowest BCUT2D eigenvalue weighted by Crippen LogP contribution is -2.42. The lowest BCUT2D eigenvalue weighted by atomic mass is 9.54. The molecule has 5 rings (SSSR count). The lowest BCUT2D eigenvalue weighted by molar-refractivity contribution is 0.0296. The van der Waals surface area contributed by atoms with Gasteiger partial charge < -0.3 is 9.47 Å². The van der Waals surface area contributed by atoms with Gasteiger partial charge in [-0.1, -0.05) is 37.3 Å². The summed E-state index contributed by atoms with van der Waals surface area (Å²) in [5.74, 6) is 4.44. The Hall–Kier alpha value is -2.47. The van der Waals surface area contributed by atoms with E-state index < -0.39 is 0 Å². The number of hydrogen-bond donors (Lipinski definition) is 0. The smallest absolute Gasteiger partial charge is 0.161 e. The van der Waals surface area contributed by atoms with Crippen molar-refractivity contribution in [2.75, 3.05) is 7.11 Å². The molecule has 0 amide bonds. The molecule has 3 aliphatic carbocycles. The Bertz CT molecular complexity index is 978. The Morgan fingerprint density at radius 1 is 1.06 bits per heavy atom. The van der Waals surface area contributed by atoms with E-state index in [2.05, 4.69) is 37.3 Å². The number of nitriles is 1. The predicted molar refractivity (Wildman–Crippen MR) is 122 cm³/mol. The van der Waals surface area contributed by atoms with Crippen molar-refractivity contribution in [3.05, 3.63) is 59.2 Å². The Morgan fingerprint density at radius 3 is 2.68 bits per heavy atom. The molecule has 0 spiro atoms. The van der Waals surface area contributed by atoms with Crippen LogP contribution in [0.4, 0.5) is 0 Å². The molecule has 3 aliphatic rings. The highest BCUT2D eigenvalue weighted by Gasteiger charge is 2.54. The van der Waals surface area contributed by atoms with Gasteiger partial charge in [0.1, 0.15) is 6.61 Å². The van der Waals surface area contributed by atoms with Crippen molar-refractivity contribution >= 4 is 0 Å². The van der Waals surface area contributed by atoms with E-state index >= 15 is 0 Å². The van der Waals surface area contributed by atoms with Gasteiger partial charge in [-0.25, -0.2) is 0 Å². The molecule has 0 N–H and O–H groups in total. The molecule has 0 saturated heterocycles. The molecule has 0 unspecified atom stereocenters. The molecule has 0 radical (unpaired) electrons. The highest BCUT2D eigenvalue weighted by Crippen LogP contribution is 2.63. The molecule has 3 nitrogen and oxygen atoms in total. The van der Waals surface area contributed by atoms with E-state index in [1.165, 1.54) is 48.8 Å². The zero-order chi connectivity index (χ0) is 21.4. The molecule has 3 heteroatoms. The van der Waals surface area contributed by atoms with Gasteiger partial charge in [-0.2, -0.15) is 5.26 Å². The van der Waals surface area contributed by atoms with Crippen LogP contribution in [0.5, 0.6) is 11.5 Å². The maximum absolute atomic E-state index is 9.32. The van der Waals surface area contributed by atoms with Crippen LogP contribution in [0.1, 0.15) is 68.1 Å². The Labute approximate surface area is 186 Å². The molecule has 31 heavy (non-hydrogen) atoms. The second-order valence-electron chi connectivity index (χ2n) is 10.1. The molecule has 0 aromatic heterocycles. The van der Waals surface area contributed by atoms with Crippen LogP contribution in [-0.2, 0) is 13.0 Å². The van der Waals surface area contributed by atoms with Crippen LogP contribution in [0.25, 0.3) is 0 Å². The highest BCUT2D eigenvalue weighted by molar-refractivity contribution is 5.50. The van der Waals surface area contributed by atoms with Crippen molar-refractivity contribution in [3.8, 4) is 17.6 Å². The van der Waals surface area contributed by atoms with Crippen molar-refractivity contribution in [1.82, 2.24) is 0 Å². The maximum atomic E-state index is 9.32. The molecule has 0 heterocycles. The third-order valence-corrected chi connectivity index (χ3v) is 8.78. The number of aryl methyl sites for hydroxylation is 1. The van der Waals surface area contributed by atoms with Gasteiger partial charge in [0.25, 0.3) is 0 Å². The molecule has 2 aromatic carbocycles. The first-order chi connectivity index (χ1) is 15.1. The van der Waals surface area contributed by atoms with E-state index in [0.29, 0.717) is 23.9 Å². The summed E-state index contributed by atoms with van der Waals surface area (Å²) in [5.41, 5.74) is 4.46. The van der Waals surface area contributed by atoms with E-state index in [-0.39, 0.29) is 0 Å². The van der Waals surface area contributed by atoms with Gasteiger partial charge in [0.05, 0.1) is 13.2 Å². The van der Waals surface area contributed by atoms with Crippen LogP contribution >= 0.6 is 0 Å². The first kappa shape index (κ1) is 20.4. The highest BCUT2D eigenvalue weighted by atomic mass is 16.5. The zero-order valence-electron chi connectivity index (χ0n) is 18.8. The molecule has 0 bridgehead atoms. The van der Waals surface area contributed by atoms with E-state index in [4.69, 9.17) is 9.47 Å². The van der Waals surface area contributed by atoms with Crippen LogP contribution < -0.4 is 9.47 Å². The third kappa shape index (κ3) is 3.51. The average Bonchev–Trinajstić information content (AvgIpc) is 3.14.